The zero-order valence-corrected chi connectivity index (χ0v) is 12.9. The van der Waals surface area contributed by atoms with E-state index >= 15 is 0 Å². The Hall–Kier alpha value is -0.890. The van der Waals surface area contributed by atoms with E-state index < -0.39 is 0 Å². The highest BCUT2D eigenvalue weighted by Crippen LogP contribution is 2.29. The monoisotopic (exact) mass is 277 g/mol. The molecule has 1 aliphatic rings. The maximum absolute atomic E-state index is 13.1. The van der Waals surface area contributed by atoms with Crippen molar-refractivity contribution in [2.45, 2.75) is 58.4 Å². The van der Waals surface area contributed by atoms with Gasteiger partial charge in [0.1, 0.15) is 5.82 Å². The fraction of sp³-hybridized carbons (Fsp3) is 0.667. The van der Waals surface area contributed by atoms with Gasteiger partial charge in [-0.3, -0.25) is 0 Å². The van der Waals surface area contributed by atoms with Crippen LogP contribution in [0.5, 0.6) is 0 Å². The molecule has 1 aromatic rings. The lowest BCUT2D eigenvalue weighted by Crippen LogP contribution is -2.30. The zero-order valence-electron chi connectivity index (χ0n) is 12.9. The van der Waals surface area contributed by atoms with Gasteiger partial charge in [-0.05, 0) is 55.8 Å². The summed E-state index contributed by atoms with van der Waals surface area (Å²) in [5, 5.41) is 3.59. The van der Waals surface area contributed by atoms with Crippen LogP contribution in [0.4, 0.5) is 4.39 Å². The molecule has 1 atom stereocenters. The Morgan fingerprint density at radius 2 is 2.00 bits per heavy atom. The Bertz CT molecular complexity index is 396. The first-order chi connectivity index (χ1) is 9.63. The second kappa shape index (κ2) is 7.78. The first kappa shape index (κ1) is 15.5. The van der Waals surface area contributed by atoms with Crippen molar-refractivity contribution in [3.8, 4) is 0 Å². The van der Waals surface area contributed by atoms with Crippen molar-refractivity contribution in [1.29, 1.82) is 0 Å². The predicted octanol–water partition coefficient (Wildman–Crippen LogP) is 4.56. The van der Waals surface area contributed by atoms with Crippen LogP contribution in [-0.2, 0) is 6.42 Å². The van der Waals surface area contributed by atoms with Crippen LogP contribution in [0.15, 0.2) is 24.3 Å². The van der Waals surface area contributed by atoms with Crippen LogP contribution in [0.25, 0.3) is 0 Å². The van der Waals surface area contributed by atoms with Crippen LogP contribution in [0.1, 0.15) is 51.5 Å². The van der Waals surface area contributed by atoms with Gasteiger partial charge in [0.2, 0.25) is 0 Å². The smallest absolute Gasteiger partial charge is 0.123 e. The molecule has 2 rings (SSSR count). The third-order valence-electron chi connectivity index (χ3n) is 4.61. The fourth-order valence-corrected chi connectivity index (χ4v) is 3.24. The maximum Gasteiger partial charge on any atom is 0.123 e. The van der Waals surface area contributed by atoms with Gasteiger partial charge in [0.15, 0.2) is 0 Å². The molecule has 112 valence electrons. The van der Waals surface area contributed by atoms with Crippen LogP contribution < -0.4 is 5.32 Å². The number of rotatable bonds is 6. The molecule has 0 spiro atoms. The van der Waals surface area contributed by atoms with E-state index in [2.05, 4.69) is 19.2 Å². The van der Waals surface area contributed by atoms with Gasteiger partial charge in [-0.2, -0.15) is 0 Å². The van der Waals surface area contributed by atoms with Gasteiger partial charge in [-0.25, -0.2) is 4.39 Å². The quantitative estimate of drug-likeness (QED) is 0.803. The average molecular weight is 277 g/mol. The number of nitrogens with one attached hydrogen (secondary N) is 1. The second-order valence-corrected chi connectivity index (χ2v) is 6.60. The molecule has 0 saturated heterocycles. The standard InChI is InChI=1S/C18H28FN/c1-14-6-8-16(9-7-14)10-11-20-15(2)12-17-4-3-5-18(19)13-17/h3-5,13-16,20H,6-12H2,1-2H3. The van der Waals surface area contributed by atoms with Crippen molar-refractivity contribution in [2.24, 2.45) is 11.8 Å². The number of benzene rings is 1. The average Bonchev–Trinajstić information content (AvgIpc) is 2.41. The zero-order chi connectivity index (χ0) is 14.4. The molecule has 1 fully saturated rings. The minimum Gasteiger partial charge on any atom is -0.314 e. The van der Waals surface area contributed by atoms with Crippen molar-refractivity contribution < 1.29 is 4.39 Å². The lowest BCUT2D eigenvalue weighted by atomic mass is 9.81. The fourth-order valence-electron chi connectivity index (χ4n) is 3.24. The van der Waals surface area contributed by atoms with E-state index in [0.717, 1.165) is 30.4 Å². The van der Waals surface area contributed by atoms with Gasteiger partial charge >= 0.3 is 0 Å². The van der Waals surface area contributed by atoms with E-state index in [0.29, 0.717) is 6.04 Å². The topological polar surface area (TPSA) is 12.0 Å². The predicted molar refractivity (Wildman–Crippen MR) is 83.3 cm³/mol. The summed E-state index contributed by atoms with van der Waals surface area (Å²) in [6.45, 7) is 5.65. The maximum atomic E-state index is 13.1. The summed E-state index contributed by atoms with van der Waals surface area (Å²) < 4.78 is 13.1. The van der Waals surface area contributed by atoms with Crippen molar-refractivity contribution in [3.05, 3.63) is 35.6 Å². The number of halogens is 1. The van der Waals surface area contributed by atoms with Gasteiger partial charge < -0.3 is 5.32 Å². The highest BCUT2D eigenvalue weighted by molar-refractivity contribution is 5.17. The molecule has 1 nitrogen and oxygen atoms in total. The normalized spacial score (nSPS) is 24.6. The first-order valence-electron chi connectivity index (χ1n) is 8.11. The molecule has 0 amide bonds. The van der Waals surface area contributed by atoms with Gasteiger partial charge in [-0.15, -0.1) is 0 Å². The summed E-state index contributed by atoms with van der Waals surface area (Å²) in [5.74, 6) is 1.72. The van der Waals surface area contributed by atoms with Crippen molar-refractivity contribution in [3.63, 3.8) is 0 Å². The molecule has 0 bridgehead atoms. The molecule has 2 heteroatoms. The van der Waals surface area contributed by atoms with Crippen molar-refractivity contribution in [1.82, 2.24) is 5.32 Å². The molecule has 0 radical (unpaired) electrons. The van der Waals surface area contributed by atoms with Crippen molar-refractivity contribution >= 4 is 0 Å². The van der Waals surface area contributed by atoms with Crippen molar-refractivity contribution in [2.75, 3.05) is 6.54 Å². The van der Waals surface area contributed by atoms with E-state index in [1.807, 2.05) is 6.07 Å². The highest BCUT2D eigenvalue weighted by Gasteiger charge is 2.17. The number of hydrogen-bond donors (Lipinski definition) is 1. The molecular weight excluding hydrogens is 249 g/mol. The minimum atomic E-state index is -0.133. The van der Waals surface area contributed by atoms with Crippen LogP contribution in [0.2, 0.25) is 0 Å². The summed E-state index contributed by atoms with van der Waals surface area (Å²) in [7, 11) is 0. The Kier molecular flexibility index (Phi) is 6.03. The molecule has 1 aromatic carbocycles. The molecule has 0 aliphatic heterocycles. The lowest BCUT2D eigenvalue weighted by Gasteiger charge is -2.26. The van der Waals surface area contributed by atoms with E-state index in [1.165, 1.54) is 38.2 Å². The van der Waals surface area contributed by atoms with E-state index in [1.54, 1.807) is 12.1 Å². The van der Waals surface area contributed by atoms with Gasteiger partial charge in [0.25, 0.3) is 0 Å². The van der Waals surface area contributed by atoms with Gasteiger partial charge in [0.05, 0.1) is 0 Å². The van der Waals surface area contributed by atoms with Crippen LogP contribution in [-0.4, -0.2) is 12.6 Å². The summed E-state index contributed by atoms with van der Waals surface area (Å²) in [6.07, 6.45) is 7.81. The molecule has 0 aromatic heterocycles. The summed E-state index contributed by atoms with van der Waals surface area (Å²) in [6, 6.07) is 7.36. The second-order valence-electron chi connectivity index (χ2n) is 6.60. The summed E-state index contributed by atoms with van der Waals surface area (Å²) in [4.78, 5) is 0. The Balaban J connectivity index is 1.64. The third kappa shape index (κ3) is 5.24. The van der Waals surface area contributed by atoms with Gasteiger partial charge in [-0.1, -0.05) is 44.7 Å². The van der Waals surface area contributed by atoms with E-state index in [4.69, 9.17) is 0 Å². The van der Waals surface area contributed by atoms with Crippen LogP contribution in [0.3, 0.4) is 0 Å². The van der Waals surface area contributed by atoms with E-state index in [9.17, 15) is 4.39 Å². The third-order valence-corrected chi connectivity index (χ3v) is 4.61. The minimum absolute atomic E-state index is 0.133. The lowest BCUT2D eigenvalue weighted by molar-refractivity contribution is 0.273. The molecule has 1 N–H and O–H groups in total. The Morgan fingerprint density at radius 3 is 2.70 bits per heavy atom. The van der Waals surface area contributed by atoms with Crippen LogP contribution in [0, 0.1) is 17.7 Å². The molecule has 1 aliphatic carbocycles. The molecule has 1 saturated carbocycles. The summed E-state index contributed by atoms with van der Waals surface area (Å²) >= 11 is 0. The summed E-state index contributed by atoms with van der Waals surface area (Å²) in [5.41, 5.74) is 1.08. The molecule has 20 heavy (non-hydrogen) atoms. The Labute approximate surface area is 123 Å². The molecule has 0 heterocycles. The molecular formula is C18H28FN. The molecule has 1 unspecified atom stereocenters. The van der Waals surface area contributed by atoms with E-state index in [-0.39, 0.29) is 5.82 Å². The van der Waals surface area contributed by atoms with Crippen LogP contribution >= 0.6 is 0 Å². The largest absolute Gasteiger partial charge is 0.314 e. The number of hydrogen-bond acceptors (Lipinski definition) is 1. The SMILES string of the molecule is CC1CCC(CCNC(C)Cc2cccc(F)c2)CC1. The first-order valence-corrected chi connectivity index (χ1v) is 8.11. The Morgan fingerprint density at radius 1 is 1.25 bits per heavy atom. The van der Waals surface area contributed by atoms with Gasteiger partial charge in [0, 0.05) is 6.04 Å². The highest BCUT2D eigenvalue weighted by atomic mass is 19.1.